The van der Waals surface area contributed by atoms with Crippen LogP contribution in [0.15, 0.2) is 30.5 Å². The van der Waals surface area contributed by atoms with Gasteiger partial charge in [-0.25, -0.2) is 18.6 Å². The van der Waals surface area contributed by atoms with E-state index in [-0.39, 0.29) is 15.9 Å². The van der Waals surface area contributed by atoms with E-state index in [1.165, 1.54) is 19.2 Å². The summed E-state index contributed by atoms with van der Waals surface area (Å²) in [6, 6.07) is 4.27. The maximum Gasteiger partial charge on any atom is 0.344 e. The van der Waals surface area contributed by atoms with Crippen LogP contribution in [0.2, 0.25) is 10.0 Å². The first-order chi connectivity index (χ1) is 11.3. The minimum atomic E-state index is -1.34. The predicted octanol–water partition coefficient (Wildman–Crippen LogP) is 3.85. The summed E-state index contributed by atoms with van der Waals surface area (Å²) in [4.78, 5) is 27.6. The molecule has 126 valence electrons. The quantitative estimate of drug-likeness (QED) is 0.825. The molecule has 1 N–H and O–H groups in total. The van der Waals surface area contributed by atoms with Crippen molar-refractivity contribution in [2.24, 2.45) is 0 Å². The van der Waals surface area contributed by atoms with E-state index in [0.717, 1.165) is 18.2 Å². The average Bonchev–Trinajstić information content (AvgIpc) is 2.49. The molecule has 1 heterocycles. The number of aromatic nitrogens is 1. The smallest absolute Gasteiger partial charge is 0.344 e. The number of amides is 1. The monoisotopic (exact) mass is 374 g/mol. The Bertz CT molecular complexity index is 782. The fourth-order valence-electron chi connectivity index (χ4n) is 1.69. The fraction of sp³-hybridized carbons (Fsp3) is 0.133. The van der Waals surface area contributed by atoms with Crippen molar-refractivity contribution >= 4 is 40.9 Å². The summed E-state index contributed by atoms with van der Waals surface area (Å²) in [5.74, 6) is -4.25. The van der Waals surface area contributed by atoms with E-state index in [4.69, 9.17) is 27.9 Å². The number of rotatable bonds is 4. The standard InChI is InChI=1S/C15H10Cl2F2N2O3/c1-7(14(22)21-13-9(17)5-8(16)6-20-13)24-15(23)12-10(18)3-2-4-11(12)19/h2-7H,1H3,(H,20,21,22)/t7-/m0/s1. The van der Waals surface area contributed by atoms with Gasteiger partial charge in [0.1, 0.15) is 17.2 Å². The Balaban J connectivity index is 2.07. The van der Waals surface area contributed by atoms with Crippen molar-refractivity contribution in [2.45, 2.75) is 13.0 Å². The van der Waals surface area contributed by atoms with Gasteiger partial charge in [-0.1, -0.05) is 29.3 Å². The van der Waals surface area contributed by atoms with Crippen LogP contribution in [-0.2, 0) is 9.53 Å². The lowest BCUT2D eigenvalue weighted by atomic mass is 10.2. The lowest BCUT2D eigenvalue weighted by Gasteiger charge is -2.14. The molecule has 0 spiro atoms. The third-order valence-corrected chi connectivity index (χ3v) is 3.36. The molecule has 1 aromatic carbocycles. The second-order valence-corrected chi connectivity index (χ2v) is 5.46. The number of benzene rings is 1. The topological polar surface area (TPSA) is 68.3 Å². The normalized spacial score (nSPS) is 11.7. The van der Waals surface area contributed by atoms with Crippen molar-refractivity contribution in [3.05, 3.63) is 57.7 Å². The number of carbonyl (C=O) groups is 2. The summed E-state index contributed by atoms with van der Waals surface area (Å²) in [5.41, 5.74) is -0.875. The van der Waals surface area contributed by atoms with E-state index >= 15 is 0 Å². The summed E-state index contributed by atoms with van der Waals surface area (Å²) in [7, 11) is 0. The van der Waals surface area contributed by atoms with Crippen molar-refractivity contribution in [1.82, 2.24) is 4.98 Å². The maximum absolute atomic E-state index is 13.5. The van der Waals surface area contributed by atoms with Crippen LogP contribution >= 0.6 is 23.2 Å². The molecule has 0 aliphatic rings. The second kappa shape index (κ2) is 7.55. The summed E-state index contributed by atoms with van der Waals surface area (Å²) >= 11 is 11.5. The van der Waals surface area contributed by atoms with Gasteiger partial charge in [0.05, 0.1) is 10.0 Å². The zero-order valence-electron chi connectivity index (χ0n) is 12.1. The maximum atomic E-state index is 13.5. The molecule has 5 nitrogen and oxygen atoms in total. The number of hydrogen-bond acceptors (Lipinski definition) is 4. The first-order valence-corrected chi connectivity index (χ1v) is 7.32. The highest BCUT2D eigenvalue weighted by Gasteiger charge is 2.24. The molecular weight excluding hydrogens is 365 g/mol. The molecule has 24 heavy (non-hydrogen) atoms. The number of nitrogens with one attached hydrogen (secondary N) is 1. The molecule has 0 bridgehead atoms. The van der Waals surface area contributed by atoms with Gasteiger partial charge in [0.25, 0.3) is 5.91 Å². The first-order valence-electron chi connectivity index (χ1n) is 6.56. The van der Waals surface area contributed by atoms with Crippen LogP contribution in [-0.4, -0.2) is 23.0 Å². The van der Waals surface area contributed by atoms with Gasteiger partial charge >= 0.3 is 5.97 Å². The van der Waals surface area contributed by atoms with E-state index in [0.29, 0.717) is 0 Å². The van der Waals surface area contributed by atoms with Crippen molar-refractivity contribution in [3.63, 3.8) is 0 Å². The van der Waals surface area contributed by atoms with Crippen LogP contribution in [0, 0.1) is 11.6 Å². The Kier molecular flexibility index (Phi) is 5.69. The van der Waals surface area contributed by atoms with Gasteiger partial charge < -0.3 is 10.1 Å². The number of ether oxygens (including phenoxy) is 1. The highest BCUT2D eigenvalue weighted by atomic mass is 35.5. The summed E-state index contributed by atoms with van der Waals surface area (Å²) in [5, 5.41) is 2.67. The molecule has 1 atom stereocenters. The van der Waals surface area contributed by atoms with Gasteiger partial charge in [-0.2, -0.15) is 0 Å². The van der Waals surface area contributed by atoms with Crippen LogP contribution in [0.1, 0.15) is 17.3 Å². The Morgan fingerprint density at radius 2 is 1.88 bits per heavy atom. The predicted molar refractivity (Wildman–Crippen MR) is 84.1 cm³/mol. The number of hydrogen-bond donors (Lipinski definition) is 1. The van der Waals surface area contributed by atoms with Crippen molar-refractivity contribution in [2.75, 3.05) is 5.32 Å². The molecule has 0 aliphatic carbocycles. The summed E-state index contributed by atoms with van der Waals surface area (Å²) in [6.45, 7) is 1.23. The van der Waals surface area contributed by atoms with Crippen LogP contribution in [0.3, 0.4) is 0 Å². The third-order valence-electron chi connectivity index (χ3n) is 2.87. The van der Waals surface area contributed by atoms with Crippen molar-refractivity contribution in [3.8, 4) is 0 Å². The molecular formula is C15H10Cl2F2N2O3. The van der Waals surface area contributed by atoms with Crippen molar-refractivity contribution in [1.29, 1.82) is 0 Å². The Morgan fingerprint density at radius 1 is 1.25 bits per heavy atom. The largest absolute Gasteiger partial charge is 0.449 e. The molecule has 0 unspecified atom stereocenters. The van der Waals surface area contributed by atoms with E-state index in [2.05, 4.69) is 10.3 Å². The minimum Gasteiger partial charge on any atom is -0.449 e. The van der Waals surface area contributed by atoms with E-state index < -0.39 is 35.2 Å². The van der Waals surface area contributed by atoms with Gasteiger partial charge in [0.15, 0.2) is 11.9 Å². The highest BCUT2D eigenvalue weighted by Crippen LogP contribution is 2.23. The number of nitrogens with zero attached hydrogens (tertiary/aromatic N) is 1. The van der Waals surface area contributed by atoms with Crippen molar-refractivity contribution < 1.29 is 23.1 Å². The highest BCUT2D eigenvalue weighted by molar-refractivity contribution is 6.36. The zero-order chi connectivity index (χ0) is 17.9. The average molecular weight is 375 g/mol. The number of esters is 1. The van der Waals surface area contributed by atoms with Gasteiger partial charge in [-0.15, -0.1) is 0 Å². The molecule has 1 aromatic heterocycles. The molecule has 0 saturated carbocycles. The van der Waals surface area contributed by atoms with E-state index in [1.54, 1.807) is 0 Å². The van der Waals surface area contributed by atoms with Crippen LogP contribution in [0.4, 0.5) is 14.6 Å². The third kappa shape index (κ3) is 4.18. The zero-order valence-corrected chi connectivity index (χ0v) is 13.7. The summed E-state index contributed by atoms with van der Waals surface area (Å²) < 4.78 is 31.8. The Hall–Kier alpha value is -2.25. The van der Waals surface area contributed by atoms with Crippen LogP contribution in [0.5, 0.6) is 0 Å². The first kappa shape index (κ1) is 18.1. The second-order valence-electron chi connectivity index (χ2n) is 4.62. The Morgan fingerprint density at radius 3 is 2.46 bits per heavy atom. The van der Waals surface area contributed by atoms with Crippen LogP contribution in [0.25, 0.3) is 0 Å². The number of anilines is 1. The minimum absolute atomic E-state index is 0.00559. The lowest BCUT2D eigenvalue weighted by molar-refractivity contribution is -0.123. The van der Waals surface area contributed by atoms with Crippen LogP contribution < -0.4 is 5.32 Å². The van der Waals surface area contributed by atoms with Gasteiger partial charge in [0.2, 0.25) is 0 Å². The molecule has 2 aromatic rings. The molecule has 0 radical (unpaired) electrons. The van der Waals surface area contributed by atoms with E-state index in [9.17, 15) is 18.4 Å². The summed E-state index contributed by atoms with van der Waals surface area (Å²) in [6.07, 6.45) is -0.0842. The number of pyridine rings is 1. The molecule has 0 saturated heterocycles. The molecule has 9 heteroatoms. The molecule has 0 fully saturated rings. The van der Waals surface area contributed by atoms with E-state index in [1.807, 2.05) is 0 Å². The molecule has 2 rings (SSSR count). The molecule has 1 amide bonds. The SMILES string of the molecule is C[C@H](OC(=O)c1c(F)cccc1F)C(=O)Nc1ncc(Cl)cc1Cl. The van der Waals surface area contributed by atoms with Gasteiger partial charge in [0, 0.05) is 6.20 Å². The van der Waals surface area contributed by atoms with Gasteiger partial charge in [-0.3, -0.25) is 4.79 Å². The Labute approximate surface area is 145 Å². The number of halogens is 4. The molecule has 0 aliphatic heterocycles. The van der Waals surface area contributed by atoms with Gasteiger partial charge in [-0.05, 0) is 25.1 Å². The lowest BCUT2D eigenvalue weighted by Crippen LogP contribution is -2.31. The fourth-order valence-corrected chi connectivity index (χ4v) is 2.12. The number of carbonyl (C=O) groups excluding carboxylic acids is 2.